The lowest BCUT2D eigenvalue weighted by atomic mass is 10.1. The van der Waals surface area contributed by atoms with E-state index in [0.717, 1.165) is 16.0 Å². The Kier molecular flexibility index (Phi) is 4.50. The minimum absolute atomic E-state index is 0.0772. The molecule has 0 aliphatic rings. The molecule has 0 amide bonds. The summed E-state index contributed by atoms with van der Waals surface area (Å²) in [7, 11) is -1.33. The van der Waals surface area contributed by atoms with Crippen LogP contribution < -0.4 is 0 Å². The predicted octanol–water partition coefficient (Wildman–Crippen LogP) is 3.68. The van der Waals surface area contributed by atoms with Gasteiger partial charge in [-0.2, -0.15) is 0 Å². The van der Waals surface area contributed by atoms with Gasteiger partial charge in [0, 0.05) is 10.5 Å². The van der Waals surface area contributed by atoms with Gasteiger partial charge in [-0.05, 0) is 32.4 Å². The zero-order chi connectivity index (χ0) is 14.7. The molecule has 0 heterocycles. The van der Waals surface area contributed by atoms with E-state index in [0.29, 0.717) is 5.56 Å². The van der Waals surface area contributed by atoms with Crippen molar-refractivity contribution < 1.29 is 9.00 Å². The molecule has 0 saturated carbocycles. The smallest absolute Gasteiger partial charge is 0.178 e. The summed E-state index contributed by atoms with van der Waals surface area (Å²) < 4.78 is 12.5. The summed E-state index contributed by atoms with van der Waals surface area (Å²) in [6, 6.07) is 14.9. The standard InChI is InChI=1S/C17H18O2S/c1-12-8-10-15(11-9-12)17(18)14(3)20(19)16-7-5-4-6-13(16)2/h4-11,14H,1-3H3. The van der Waals surface area contributed by atoms with Crippen LogP contribution in [0.3, 0.4) is 0 Å². The highest BCUT2D eigenvalue weighted by atomic mass is 32.2. The molecule has 0 aliphatic carbocycles. The third kappa shape index (κ3) is 3.05. The Hall–Kier alpha value is -1.74. The fourth-order valence-corrected chi connectivity index (χ4v) is 3.33. The molecule has 2 aromatic rings. The van der Waals surface area contributed by atoms with Gasteiger partial charge in [-0.15, -0.1) is 0 Å². The van der Waals surface area contributed by atoms with Crippen molar-refractivity contribution in [2.75, 3.05) is 0 Å². The Balaban J connectivity index is 2.25. The Morgan fingerprint density at radius 3 is 2.20 bits per heavy atom. The summed E-state index contributed by atoms with van der Waals surface area (Å²) in [6.07, 6.45) is 0. The second-order valence-electron chi connectivity index (χ2n) is 4.94. The van der Waals surface area contributed by atoms with E-state index in [1.807, 2.05) is 50.2 Å². The van der Waals surface area contributed by atoms with E-state index in [2.05, 4.69) is 0 Å². The van der Waals surface area contributed by atoms with Gasteiger partial charge in [0.2, 0.25) is 0 Å². The van der Waals surface area contributed by atoms with E-state index in [4.69, 9.17) is 0 Å². The molecule has 104 valence electrons. The maximum atomic E-state index is 12.5. The summed E-state index contributed by atoms with van der Waals surface area (Å²) in [5.41, 5.74) is 2.67. The van der Waals surface area contributed by atoms with Crippen LogP contribution in [-0.4, -0.2) is 15.2 Å². The van der Waals surface area contributed by atoms with Crippen LogP contribution in [0.4, 0.5) is 0 Å². The van der Waals surface area contributed by atoms with E-state index in [1.54, 1.807) is 19.1 Å². The number of hydrogen-bond acceptors (Lipinski definition) is 2. The molecular weight excluding hydrogens is 268 g/mol. The largest absolute Gasteiger partial charge is 0.293 e. The molecule has 0 N–H and O–H groups in total. The molecule has 0 aliphatic heterocycles. The van der Waals surface area contributed by atoms with Gasteiger partial charge in [0.15, 0.2) is 5.78 Å². The van der Waals surface area contributed by atoms with Crippen molar-refractivity contribution in [1.82, 2.24) is 0 Å². The number of Topliss-reactive ketones (excluding diaryl/α,β-unsaturated/α-hetero) is 1. The van der Waals surface area contributed by atoms with Crippen molar-refractivity contribution in [1.29, 1.82) is 0 Å². The first kappa shape index (κ1) is 14.7. The van der Waals surface area contributed by atoms with Crippen molar-refractivity contribution in [3.8, 4) is 0 Å². The second-order valence-corrected chi connectivity index (χ2v) is 6.68. The number of carbonyl (C=O) groups excluding carboxylic acids is 1. The molecule has 2 atom stereocenters. The lowest BCUT2D eigenvalue weighted by molar-refractivity contribution is 0.0992. The number of rotatable bonds is 4. The average Bonchev–Trinajstić information content (AvgIpc) is 2.46. The summed E-state index contributed by atoms with van der Waals surface area (Å²) in [4.78, 5) is 13.1. The van der Waals surface area contributed by atoms with E-state index in [1.165, 1.54) is 0 Å². The van der Waals surface area contributed by atoms with Gasteiger partial charge >= 0.3 is 0 Å². The average molecular weight is 286 g/mol. The maximum absolute atomic E-state index is 12.5. The van der Waals surface area contributed by atoms with Crippen molar-refractivity contribution in [3.63, 3.8) is 0 Å². The third-order valence-corrected chi connectivity index (χ3v) is 5.08. The van der Waals surface area contributed by atoms with Crippen molar-refractivity contribution in [2.24, 2.45) is 0 Å². The third-order valence-electron chi connectivity index (χ3n) is 3.34. The van der Waals surface area contributed by atoms with Gasteiger partial charge in [0.05, 0.1) is 16.0 Å². The van der Waals surface area contributed by atoms with Crippen LogP contribution in [0.5, 0.6) is 0 Å². The number of hydrogen-bond donors (Lipinski definition) is 0. The van der Waals surface area contributed by atoms with E-state index >= 15 is 0 Å². The maximum Gasteiger partial charge on any atom is 0.178 e. The fourth-order valence-electron chi connectivity index (χ4n) is 2.02. The van der Waals surface area contributed by atoms with Crippen LogP contribution in [-0.2, 0) is 10.8 Å². The molecule has 0 spiro atoms. The van der Waals surface area contributed by atoms with Crippen LogP contribution >= 0.6 is 0 Å². The van der Waals surface area contributed by atoms with Gasteiger partial charge in [-0.1, -0.05) is 48.0 Å². The summed E-state index contributed by atoms with van der Waals surface area (Å²) in [6.45, 7) is 5.62. The molecule has 2 rings (SSSR count). The van der Waals surface area contributed by atoms with Gasteiger partial charge in [-0.25, -0.2) is 0 Å². The van der Waals surface area contributed by atoms with Gasteiger partial charge in [0.25, 0.3) is 0 Å². The topological polar surface area (TPSA) is 34.1 Å². The summed E-state index contributed by atoms with van der Waals surface area (Å²) in [5.74, 6) is -0.0772. The van der Waals surface area contributed by atoms with Crippen LogP contribution in [0.25, 0.3) is 0 Å². The van der Waals surface area contributed by atoms with E-state index in [-0.39, 0.29) is 5.78 Å². The zero-order valence-electron chi connectivity index (χ0n) is 11.9. The first-order chi connectivity index (χ1) is 9.50. The van der Waals surface area contributed by atoms with Crippen molar-refractivity contribution in [3.05, 3.63) is 65.2 Å². The Morgan fingerprint density at radius 2 is 1.60 bits per heavy atom. The summed E-state index contributed by atoms with van der Waals surface area (Å²) in [5, 5.41) is -0.543. The molecule has 20 heavy (non-hydrogen) atoms. The first-order valence-corrected chi connectivity index (χ1v) is 7.79. The number of aryl methyl sites for hydroxylation is 2. The number of ketones is 1. The molecule has 0 radical (unpaired) electrons. The molecule has 3 heteroatoms. The second kappa shape index (κ2) is 6.14. The monoisotopic (exact) mass is 286 g/mol. The lowest BCUT2D eigenvalue weighted by Crippen LogP contribution is -2.23. The Morgan fingerprint density at radius 1 is 1.00 bits per heavy atom. The predicted molar refractivity (Wildman–Crippen MR) is 82.6 cm³/mol. The fraction of sp³-hybridized carbons (Fsp3) is 0.235. The molecule has 0 fully saturated rings. The summed E-state index contributed by atoms with van der Waals surface area (Å²) >= 11 is 0. The lowest BCUT2D eigenvalue weighted by Gasteiger charge is -2.12. The normalized spacial score (nSPS) is 13.8. The SMILES string of the molecule is Cc1ccc(C(=O)C(C)S(=O)c2ccccc2C)cc1. The molecule has 2 nitrogen and oxygen atoms in total. The highest BCUT2D eigenvalue weighted by Crippen LogP contribution is 2.18. The minimum Gasteiger partial charge on any atom is -0.293 e. The highest BCUT2D eigenvalue weighted by molar-refractivity contribution is 7.86. The Bertz CT molecular complexity index is 644. The van der Waals surface area contributed by atoms with Crippen molar-refractivity contribution in [2.45, 2.75) is 30.9 Å². The molecule has 2 aromatic carbocycles. The van der Waals surface area contributed by atoms with Gasteiger partial charge in [0.1, 0.15) is 0 Å². The molecule has 0 bridgehead atoms. The minimum atomic E-state index is -1.33. The zero-order valence-corrected chi connectivity index (χ0v) is 12.7. The number of carbonyl (C=O) groups is 1. The van der Waals surface area contributed by atoms with E-state index in [9.17, 15) is 9.00 Å². The highest BCUT2D eigenvalue weighted by Gasteiger charge is 2.23. The molecule has 0 aromatic heterocycles. The molecular formula is C17H18O2S. The Labute approximate surface area is 122 Å². The van der Waals surface area contributed by atoms with Crippen LogP contribution in [0.2, 0.25) is 0 Å². The van der Waals surface area contributed by atoms with Crippen LogP contribution in [0.15, 0.2) is 53.4 Å². The van der Waals surface area contributed by atoms with Crippen LogP contribution in [0.1, 0.15) is 28.4 Å². The quantitative estimate of drug-likeness (QED) is 0.803. The van der Waals surface area contributed by atoms with E-state index < -0.39 is 16.0 Å². The molecule has 0 saturated heterocycles. The van der Waals surface area contributed by atoms with Gasteiger partial charge in [-0.3, -0.25) is 9.00 Å². The van der Waals surface area contributed by atoms with Crippen LogP contribution in [0, 0.1) is 13.8 Å². The molecule has 2 unspecified atom stereocenters. The first-order valence-electron chi connectivity index (χ1n) is 6.58. The number of benzene rings is 2. The van der Waals surface area contributed by atoms with Crippen molar-refractivity contribution >= 4 is 16.6 Å². The van der Waals surface area contributed by atoms with Gasteiger partial charge < -0.3 is 0 Å².